The molecular formula is C12H11I3. The summed E-state index contributed by atoms with van der Waals surface area (Å²) in [6.45, 7) is 7.86. The normalized spacial score (nSPS) is 15.4. The van der Waals surface area contributed by atoms with E-state index in [1.54, 1.807) is 0 Å². The molecule has 1 unspecified atom stereocenters. The SMILES string of the molecule is C=CC(I)(I)C(I)(C=C)c1ccccc1. The summed E-state index contributed by atoms with van der Waals surface area (Å²) in [5.41, 5.74) is 1.25. The summed E-state index contributed by atoms with van der Waals surface area (Å²) in [7, 11) is 0. The summed E-state index contributed by atoms with van der Waals surface area (Å²) in [5, 5.41) is 0. The fourth-order valence-corrected chi connectivity index (χ4v) is 2.92. The molecule has 1 aromatic rings. The summed E-state index contributed by atoms with van der Waals surface area (Å²) in [6.07, 6.45) is 3.96. The van der Waals surface area contributed by atoms with Gasteiger partial charge in [0, 0.05) is 0 Å². The molecule has 15 heavy (non-hydrogen) atoms. The van der Waals surface area contributed by atoms with Crippen molar-refractivity contribution in [1.29, 1.82) is 0 Å². The number of hydrogen-bond donors (Lipinski definition) is 0. The maximum atomic E-state index is 3.96. The third-order valence-electron chi connectivity index (χ3n) is 2.22. The largest absolute Gasteiger partial charge is 0.113 e. The van der Waals surface area contributed by atoms with Gasteiger partial charge in [-0.05, 0) is 5.56 Å². The third kappa shape index (κ3) is 2.77. The molecule has 0 aliphatic heterocycles. The van der Waals surface area contributed by atoms with Crippen molar-refractivity contribution in [3.8, 4) is 0 Å². The van der Waals surface area contributed by atoms with Crippen LogP contribution in [0.2, 0.25) is 0 Å². The molecule has 0 saturated carbocycles. The van der Waals surface area contributed by atoms with Crippen LogP contribution >= 0.6 is 67.8 Å². The highest BCUT2D eigenvalue weighted by Gasteiger charge is 2.43. The third-order valence-corrected chi connectivity index (χ3v) is 8.78. The predicted molar refractivity (Wildman–Crippen MR) is 93.3 cm³/mol. The fraction of sp³-hybridized carbons (Fsp3) is 0.167. The zero-order chi connectivity index (χ0) is 11.5. The van der Waals surface area contributed by atoms with E-state index >= 15 is 0 Å². The zero-order valence-corrected chi connectivity index (χ0v) is 14.6. The van der Waals surface area contributed by atoms with Crippen LogP contribution in [0.1, 0.15) is 5.56 Å². The quantitative estimate of drug-likeness (QED) is 0.280. The van der Waals surface area contributed by atoms with Gasteiger partial charge in [-0.1, -0.05) is 110 Å². The van der Waals surface area contributed by atoms with Gasteiger partial charge in [-0.15, -0.1) is 13.2 Å². The van der Waals surface area contributed by atoms with Crippen molar-refractivity contribution in [1.82, 2.24) is 0 Å². The van der Waals surface area contributed by atoms with Gasteiger partial charge in [0.05, 0.1) is 3.42 Å². The van der Waals surface area contributed by atoms with Gasteiger partial charge in [0.2, 0.25) is 0 Å². The van der Waals surface area contributed by atoms with Gasteiger partial charge in [-0.3, -0.25) is 0 Å². The van der Waals surface area contributed by atoms with Gasteiger partial charge in [0.15, 0.2) is 0 Å². The molecule has 0 fully saturated rings. The standard InChI is InChI=1S/C12H11I3/c1-3-11(13,12(14,15)4-2)10-8-6-5-7-9-10/h3-9H,1-2H2. The molecule has 0 bridgehead atoms. The Morgan fingerprint density at radius 1 is 0.933 bits per heavy atom. The lowest BCUT2D eigenvalue weighted by Crippen LogP contribution is -2.33. The maximum absolute atomic E-state index is 3.96. The number of hydrogen-bond acceptors (Lipinski definition) is 0. The molecule has 1 aromatic carbocycles. The second kappa shape index (κ2) is 5.48. The summed E-state index contributed by atoms with van der Waals surface area (Å²) in [5.74, 6) is 0. The van der Waals surface area contributed by atoms with Crippen molar-refractivity contribution >= 4 is 67.8 Å². The van der Waals surface area contributed by atoms with Crippen molar-refractivity contribution in [2.45, 2.75) is 4.85 Å². The second-order valence-electron chi connectivity index (χ2n) is 3.11. The van der Waals surface area contributed by atoms with Gasteiger partial charge in [-0.25, -0.2) is 0 Å². The van der Waals surface area contributed by atoms with E-state index in [-0.39, 0.29) is 4.85 Å². The van der Waals surface area contributed by atoms with E-state index < -0.39 is 0 Å². The molecule has 1 atom stereocenters. The number of rotatable bonds is 4. The van der Waals surface area contributed by atoms with Gasteiger partial charge in [0.1, 0.15) is 1.43 Å². The van der Waals surface area contributed by atoms with Crippen LogP contribution in [0.3, 0.4) is 0 Å². The van der Waals surface area contributed by atoms with E-state index in [0.717, 1.165) is 0 Å². The summed E-state index contributed by atoms with van der Waals surface area (Å²) in [4.78, 5) is 0. The first kappa shape index (κ1) is 14.0. The molecule has 0 radical (unpaired) electrons. The van der Waals surface area contributed by atoms with Gasteiger partial charge in [-0.2, -0.15) is 0 Å². The molecule has 0 spiro atoms. The molecule has 3 heteroatoms. The molecule has 0 amide bonds. The number of benzene rings is 1. The van der Waals surface area contributed by atoms with Crippen LogP contribution in [0, 0.1) is 0 Å². The minimum absolute atomic E-state index is 0.0772. The highest BCUT2D eigenvalue weighted by atomic mass is 127. The monoisotopic (exact) mass is 536 g/mol. The van der Waals surface area contributed by atoms with Crippen LogP contribution in [0.5, 0.6) is 0 Å². The van der Waals surface area contributed by atoms with Crippen molar-refractivity contribution in [3.63, 3.8) is 0 Å². The first-order valence-electron chi connectivity index (χ1n) is 4.37. The van der Waals surface area contributed by atoms with Crippen LogP contribution in [-0.4, -0.2) is 1.43 Å². The van der Waals surface area contributed by atoms with E-state index in [4.69, 9.17) is 0 Å². The molecule has 80 valence electrons. The molecule has 0 aliphatic carbocycles. The van der Waals surface area contributed by atoms with E-state index in [0.29, 0.717) is 0 Å². The van der Waals surface area contributed by atoms with E-state index in [1.165, 1.54) is 5.56 Å². The van der Waals surface area contributed by atoms with Crippen LogP contribution in [0.4, 0.5) is 0 Å². The highest BCUT2D eigenvalue weighted by Crippen LogP contribution is 2.53. The first-order chi connectivity index (χ1) is 6.98. The Labute approximate surface area is 132 Å². The molecule has 0 heterocycles. The Kier molecular flexibility index (Phi) is 5.10. The van der Waals surface area contributed by atoms with Crippen LogP contribution in [0.15, 0.2) is 55.6 Å². The molecule has 0 aromatic heterocycles. The van der Waals surface area contributed by atoms with Crippen molar-refractivity contribution in [3.05, 3.63) is 61.2 Å². The predicted octanol–water partition coefficient (Wildman–Crippen LogP) is 5.26. The summed E-state index contributed by atoms with van der Waals surface area (Å²) < 4.78 is -0.207. The molecule has 0 saturated heterocycles. The average Bonchev–Trinajstić information content (AvgIpc) is 2.29. The average molecular weight is 536 g/mol. The number of allylic oxidation sites excluding steroid dienone is 2. The van der Waals surface area contributed by atoms with Crippen molar-refractivity contribution < 1.29 is 0 Å². The minimum atomic E-state index is -0.130. The second-order valence-corrected chi connectivity index (χ2v) is 10.3. The van der Waals surface area contributed by atoms with Crippen molar-refractivity contribution in [2.24, 2.45) is 0 Å². The van der Waals surface area contributed by atoms with Gasteiger partial charge >= 0.3 is 0 Å². The topological polar surface area (TPSA) is 0 Å². The van der Waals surface area contributed by atoms with Crippen LogP contribution in [0.25, 0.3) is 0 Å². The Balaban J connectivity index is 3.29. The Hall–Kier alpha value is 0.890. The number of halogens is 3. The van der Waals surface area contributed by atoms with Gasteiger partial charge < -0.3 is 0 Å². The molecular weight excluding hydrogens is 525 g/mol. The molecule has 1 rings (SSSR count). The minimum Gasteiger partial charge on any atom is -0.101 e. The first-order valence-corrected chi connectivity index (χ1v) is 7.61. The lowest BCUT2D eigenvalue weighted by molar-refractivity contribution is 0.852. The maximum Gasteiger partial charge on any atom is 0.113 e. The van der Waals surface area contributed by atoms with E-state index in [2.05, 4.69) is 105 Å². The fourth-order valence-electron chi connectivity index (χ4n) is 1.28. The zero-order valence-electron chi connectivity index (χ0n) is 8.09. The molecule has 0 nitrogen and oxygen atoms in total. The van der Waals surface area contributed by atoms with Crippen molar-refractivity contribution in [2.75, 3.05) is 0 Å². The smallest absolute Gasteiger partial charge is 0.101 e. The summed E-state index contributed by atoms with van der Waals surface area (Å²) >= 11 is 7.27. The lowest BCUT2D eigenvalue weighted by atomic mass is 9.96. The Morgan fingerprint density at radius 3 is 1.87 bits per heavy atom. The lowest BCUT2D eigenvalue weighted by Gasteiger charge is -2.35. The molecule has 0 aliphatic rings. The number of alkyl halides is 3. The van der Waals surface area contributed by atoms with Gasteiger partial charge in [0.25, 0.3) is 0 Å². The Bertz CT molecular complexity index is 356. The van der Waals surface area contributed by atoms with Crippen LogP contribution < -0.4 is 0 Å². The Morgan fingerprint density at radius 2 is 1.47 bits per heavy atom. The van der Waals surface area contributed by atoms with E-state index in [9.17, 15) is 0 Å². The highest BCUT2D eigenvalue weighted by molar-refractivity contribution is 14.2. The van der Waals surface area contributed by atoms with Crippen LogP contribution in [-0.2, 0) is 3.42 Å². The van der Waals surface area contributed by atoms with E-state index in [1.807, 2.05) is 18.2 Å². The molecule has 0 N–H and O–H groups in total. The summed E-state index contributed by atoms with van der Waals surface area (Å²) in [6, 6.07) is 10.4.